The van der Waals surface area contributed by atoms with E-state index in [1.807, 2.05) is 59.4 Å². The number of para-hydroxylation sites is 1. The Morgan fingerprint density at radius 3 is 2.62 bits per heavy atom. The molecule has 124 valence electrons. The molecule has 4 heterocycles. The second kappa shape index (κ2) is 6.04. The van der Waals surface area contributed by atoms with Crippen LogP contribution in [0.2, 0.25) is 0 Å². The Kier molecular flexibility index (Phi) is 3.53. The molecular formula is C21H13BrN4. The van der Waals surface area contributed by atoms with Gasteiger partial charge in [0.15, 0.2) is 0 Å². The molecule has 0 fully saturated rings. The fraction of sp³-hybridized carbons (Fsp3) is 0. The maximum absolute atomic E-state index is 4.81. The Labute approximate surface area is 158 Å². The van der Waals surface area contributed by atoms with Gasteiger partial charge in [-0.05, 0) is 57.9 Å². The molecule has 1 aromatic carbocycles. The van der Waals surface area contributed by atoms with E-state index in [-0.39, 0.29) is 0 Å². The number of halogens is 1. The van der Waals surface area contributed by atoms with Crippen molar-refractivity contribution in [3.63, 3.8) is 0 Å². The molecule has 0 N–H and O–H groups in total. The number of rotatable bonds is 2. The van der Waals surface area contributed by atoms with Crippen molar-refractivity contribution in [2.75, 3.05) is 0 Å². The Morgan fingerprint density at radius 1 is 0.846 bits per heavy atom. The highest BCUT2D eigenvalue weighted by molar-refractivity contribution is 9.10. The molecule has 0 aliphatic carbocycles. The summed E-state index contributed by atoms with van der Waals surface area (Å²) in [5.74, 6) is 0. The third-order valence-electron chi connectivity index (χ3n) is 4.43. The third-order valence-corrected chi connectivity index (χ3v) is 4.90. The predicted molar refractivity (Wildman–Crippen MR) is 107 cm³/mol. The largest absolute Gasteiger partial charge is 0.256 e. The average molecular weight is 401 g/mol. The maximum Gasteiger partial charge on any atom is 0.120 e. The van der Waals surface area contributed by atoms with Gasteiger partial charge in [0.05, 0.1) is 16.7 Å². The first kappa shape index (κ1) is 15.2. The van der Waals surface area contributed by atoms with Crippen LogP contribution in [0.3, 0.4) is 0 Å². The highest BCUT2D eigenvalue weighted by atomic mass is 79.9. The summed E-state index contributed by atoms with van der Waals surface area (Å²) in [6.07, 6.45) is 5.61. The predicted octanol–water partition coefficient (Wildman–Crippen LogP) is 5.37. The van der Waals surface area contributed by atoms with Crippen LogP contribution < -0.4 is 0 Å². The molecule has 4 nitrogen and oxygen atoms in total. The second-order valence-electron chi connectivity index (χ2n) is 5.99. The Hall–Kier alpha value is -3.05. The molecule has 0 amide bonds. The molecule has 0 radical (unpaired) electrons. The van der Waals surface area contributed by atoms with Crippen molar-refractivity contribution in [1.82, 2.24) is 19.6 Å². The highest BCUT2D eigenvalue weighted by Gasteiger charge is 2.19. The van der Waals surface area contributed by atoms with Gasteiger partial charge in [-0.2, -0.15) is 5.10 Å². The minimum absolute atomic E-state index is 0.841. The molecule has 0 aliphatic rings. The summed E-state index contributed by atoms with van der Waals surface area (Å²) in [5.41, 5.74) is 5.89. The van der Waals surface area contributed by atoms with E-state index < -0.39 is 0 Å². The zero-order valence-corrected chi connectivity index (χ0v) is 15.3. The van der Waals surface area contributed by atoms with E-state index in [0.29, 0.717) is 0 Å². The van der Waals surface area contributed by atoms with Gasteiger partial charge >= 0.3 is 0 Å². The van der Waals surface area contributed by atoms with Gasteiger partial charge in [-0.1, -0.05) is 24.3 Å². The van der Waals surface area contributed by atoms with Crippen LogP contribution in [-0.4, -0.2) is 19.6 Å². The highest BCUT2D eigenvalue weighted by Crippen LogP contribution is 2.37. The van der Waals surface area contributed by atoms with E-state index >= 15 is 0 Å². The lowest BCUT2D eigenvalue weighted by atomic mass is 9.98. The summed E-state index contributed by atoms with van der Waals surface area (Å²) in [4.78, 5) is 9.07. The summed E-state index contributed by atoms with van der Waals surface area (Å²) in [6, 6.07) is 20.3. The van der Waals surface area contributed by atoms with Crippen LogP contribution in [0.5, 0.6) is 0 Å². The standard InChI is InChI=1S/C21H13BrN4/c22-14-8-9-18(24-13-14)21-20(19-7-3-4-12-26(19)25-21)16-10-11-23-17-6-2-1-5-15(16)17/h1-13H. The molecule has 0 saturated carbocycles. The molecule has 0 atom stereocenters. The van der Waals surface area contributed by atoms with E-state index in [9.17, 15) is 0 Å². The molecule has 4 aromatic heterocycles. The van der Waals surface area contributed by atoms with E-state index in [1.54, 1.807) is 6.20 Å². The lowest BCUT2D eigenvalue weighted by Crippen LogP contribution is -1.89. The van der Waals surface area contributed by atoms with E-state index in [2.05, 4.69) is 44.1 Å². The van der Waals surface area contributed by atoms with Crippen molar-refractivity contribution in [3.05, 3.63) is 83.7 Å². The molecule has 0 unspecified atom stereocenters. The number of hydrogen-bond donors (Lipinski definition) is 0. The number of aromatic nitrogens is 4. The summed E-state index contributed by atoms with van der Waals surface area (Å²) >= 11 is 3.45. The zero-order valence-electron chi connectivity index (χ0n) is 13.7. The van der Waals surface area contributed by atoms with Crippen LogP contribution in [0, 0.1) is 0 Å². The molecule has 5 heteroatoms. The van der Waals surface area contributed by atoms with Crippen molar-refractivity contribution in [3.8, 4) is 22.5 Å². The number of benzene rings is 1. The number of fused-ring (bicyclic) bond motifs is 2. The number of pyridine rings is 3. The molecular weight excluding hydrogens is 388 g/mol. The van der Waals surface area contributed by atoms with Crippen LogP contribution in [0.4, 0.5) is 0 Å². The van der Waals surface area contributed by atoms with Crippen molar-refractivity contribution in [2.24, 2.45) is 0 Å². The van der Waals surface area contributed by atoms with Crippen LogP contribution in [0.25, 0.3) is 38.9 Å². The first-order valence-electron chi connectivity index (χ1n) is 8.25. The summed E-state index contributed by atoms with van der Waals surface area (Å²) in [7, 11) is 0. The van der Waals surface area contributed by atoms with Gasteiger partial charge in [0.25, 0.3) is 0 Å². The summed E-state index contributed by atoms with van der Waals surface area (Å²) < 4.78 is 2.85. The zero-order chi connectivity index (χ0) is 17.5. The fourth-order valence-corrected chi connectivity index (χ4v) is 3.51. The van der Waals surface area contributed by atoms with E-state index in [1.165, 1.54) is 0 Å². The molecule has 5 aromatic rings. The van der Waals surface area contributed by atoms with Gasteiger partial charge in [-0.3, -0.25) is 9.97 Å². The van der Waals surface area contributed by atoms with E-state index in [4.69, 9.17) is 5.10 Å². The lowest BCUT2D eigenvalue weighted by molar-refractivity contribution is 0.962. The second-order valence-corrected chi connectivity index (χ2v) is 6.91. The number of hydrogen-bond acceptors (Lipinski definition) is 3. The lowest BCUT2D eigenvalue weighted by Gasteiger charge is -2.07. The van der Waals surface area contributed by atoms with Crippen molar-refractivity contribution in [2.45, 2.75) is 0 Å². The van der Waals surface area contributed by atoms with Gasteiger partial charge in [0.1, 0.15) is 5.69 Å². The van der Waals surface area contributed by atoms with Crippen LogP contribution in [-0.2, 0) is 0 Å². The Balaban J connectivity index is 1.89. The van der Waals surface area contributed by atoms with Gasteiger partial charge in [0.2, 0.25) is 0 Å². The fourth-order valence-electron chi connectivity index (χ4n) is 3.27. The first-order chi connectivity index (χ1) is 12.8. The van der Waals surface area contributed by atoms with Crippen molar-refractivity contribution in [1.29, 1.82) is 0 Å². The van der Waals surface area contributed by atoms with Gasteiger partial charge in [-0.25, -0.2) is 4.52 Å². The minimum atomic E-state index is 0.841. The molecule has 0 bridgehead atoms. The Morgan fingerprint density at radius 2 is 1.73 bits per heavy atom. The van der Waals surface area contributed by atoms with Gasteiger partial charge in [0, 0.05) is 34.0 Å². The molecule has 0 spiro atoms. The van der Waals surface area contributed by atoms with Gasteiger partial charge < -0.3 is 0 Å². The quantitative estimate of drug-likeness (QED) is 0.399. The SMILES string of the molecule is Brc1ccc(-c2nn3ccccc3c2-c2ccnc3ccccc23)nc1. The van der Waals surface area contributed by atoms with Crippen LogP contribution in [0.1, 0.15) is 0 Å². The normalized spacial score (nSPS) is 11.3. The molecule has 5 rings (SSSR count). The monoisotopic (exact) mass is 400 g/mol. The number of nitrogens with zero attached hydrogens (tertiary/aromatic N) is 4. The van der Waals surface area contributed by atoms with Crippen molar-refractivity contribution < 1.29 is 0 Å². The Bertz CT molecular complexity index is 1240. The molecule has 0 aliphatic heterocycles. The minimum Gasteiger partial charge on any atom is -0.256 e. The topological polar surface area (TPSA) is 43.1 Å². The van der Waals surface area contributed by atoms with E-state index in [0.717, 1.165) is 43.4 Å². The maximum atomic E-state index is 4.81. The van der Waals surface area contributed by atoms with Crippen molar-refractivity contribution >= 4 is 32.3 Å². The third kappa shape index (κ3) is 2.40. The summed E-state index contributed by atoms with van der Waals surface area (Å²) in [5, 5.41) is 5.92. The van der Waals surface area contributed by atoms with Crippen LogP contribution >= 0.6 is 15.9 Å². The molecule has 26 heavy (non-hydrogen) atoms. The smallest absolute Gasteiger partial charge is 0.120 e. The van der Waals surface area contributed by atoms with Crippen LogP contribution in [0.15, 0.2) is 83.7 Å². The van der Waals surface area contributed by atoms with Gasteiger partial charge in [-0.15, -0.1) is 0 Å². The summed E-state index contributed by atoms with van der Waals surface area (Å²) in [6.45, 7) is 0. The average Bonchev–Trinajstić information content (AvgIpc) is 3.07. The first-order valence-corrected chi connectivity index (χ1v) is 9.04. The molecule has 0 saturated heterocycles.